The van der Waals surface area contributed by atoms with E-state index in [0.717, 1.165) is 0 Å². The lowest BCUT2D eigenvalue weighted by Gasteiger charge is -2.07. The van der Waals surface area contributed by atoms with E-state index in [2.05, 4.69) is 15.4 Å². The van der Waals surface area contributed by atoms with E-state index in [0.29, 0.717) is 11.1 Å². The third-order valence-electron chi connectivity index (χ3n) is 3.86. The largest absolute Gasteiger partial charge is 0.478 e. The summed E-state index contributed by atoms with van der Waals surface area (Å²) in [5, 5.41) is 21.1. The van der Waals surface area contributed by atoms with Gasteiger partial charge in [-0.1, -0.05) is 24.3 Å². The van der Waals surface area contributed by atoms with E-state index in [4.69, 9.17) is 5.11 Å². The lowest BCUT2D eigenvalue weighted by atomic mass is 10.1. The van der Waals surface area contributed by atoms with Gasteiger partial charge in [0.15, 0.2) is 0 Å². The summed E-state index contributed by atoms with van der Waals surface area (Å²) in [5.74, 6) is -3.18. The number of nitrogens with one attached hydrogen (secondary N) is 2. The molecule has 0 spiro atoms. The van der Waals surface area contributed by atoms with Crippen molar-refractivity contribution >= 4 is 17.8 Å². The number of carboxylic acids is 1. The lowest BCUT2D eigenvalue weighted by molar-refractivity contribution is -0.132. The highest BCUT2D eigenvalue weighted by molar-refractivity contribution is 5.95. The van der Waals surface area contributed by atoms with E-state index in [-0.39, 0.29) is 23.5 Å². The highest BCUT2D eigenvalue weighted by Crippen LogP contribution is 2.16. The molecule has 0 aliphatic heterocycles. The monoisotopic (exact) mass is 416 g/mol. The molecule has 154 valence electrons. The Hall–Kier alpha value is -4.22. The van der Waals surface area contributed by atoms with Crippen LogP contribution in [0.2, 0.25) is 0 Å². The van der Waals surface area contributed by atoms with E-state index in [1.165, 1.54) is 29.1 Å². The number of carbonyl (C=O) groups is 3. The number of halogens is 2. The Bertz CT molecular complexity index is 1080. The summed E-state index contributed by atoms with van der Waals surface area (Å²) in [4.78, 5) is 34.9. The lowest BCUT2D eigenvalue weighted by Crippen LogP contribution is -2.44. The highest BCUT2D eigenvalue weighted by atomic mass is 19.3. The number of nitrogens with zero attached hydrogens (tertiary/aromatic N) is 4. The number of carbonyl (C=O) groups excluding carboxylic acids is 2. The van der Waals surface area contributed by atoms with Crippen LogP contribution in [0.4, 0.5) is 8.78 Å². The van der Waals surface area contributed by atoms with Crippen molar-refractivity contribution in [3.63, 3.8) is 0 Å². The smallest absolute Gasteiger partial charge is 0.335 e. The van der Waals surface area contributed by atoms with Gasteiger partial charge in [-0.25, -0.2) is 4.79 Å². The minimum absolute atomic E-state index is 0.0995. The molecule has 1 aromatic heterocycles. The van der Waals surface area contributed by atoms with Crippen LogP contribution in [0, 0.1) is 0 Å². The second kappa shape index (κ2) is 8.86. The Labute approximate surface area is 167 Å². The Morgan fingerprint density at radius 1 is 1.03 bits per heavy atom. The molecule has 2 amide bonds. The second-order valence-corrected chi connectivity index (χ2v) is 5.97. The Balaban J connectivity index is 1.64. The van der Waals surface area contributed by atoms with E-state index in [1.54, 1.807) is 29.7 Å². The predicted molar refractivity (Wildman–Crippen MR) is 97.4 cm³/mol. The van der Waals surface area contributed by atoms with E-state index in [9.17, 15) is 23.2 Å². The Morgan fingerprint density at radius 2 is 1.77 bits per heavy atom. The molecular weight excluding hydrogens is 402 g/mol. The number of amides is 2. The van der Waals surface area contributed by atoms with Crippen molar-refractivity contribution in [2.45, 2.75) is 13.0 Å². The molecule has 0 atom stereocenters. The highest BCUT2D eigenvalue weighted by Gasteiger charge is 2.16. The molecule has 0 aliphatic rings. The molecule has 3 N–H and O–H groups in total. The van der Waals surface area contributed by atoms with Gasteiger partial charge in [0.05, 0.1) is 12.1 Å². The van der Waals surface area contributed by atoms with Gasteiger partial charge in [0.1, 0.15) is 0 Å². The summed E-state index contributed by atoms with van der Waals surface area (Å²) in [5.41, 5.74) is 4.95. The number of aromatic carboxylic acids is 1. The van der Waals surface area contributed by atoms with Gasteiger partial charge < -0.3 is 5.11 Å². The molecule has 1 heterocycles. The van der Waals surface area contributed by atoms with Crippen molar-refractivity contribution in [3.05, 3.63) is 65.2 Å². The summed E-state index contributed by atoms with van der Waals surface area (Å²) in [7, 11) is 0. The fourth-order valence-electron chi connectivity index (χ4n) is 2.39. The van der Waals surface area contributed by atoms with Gasteiger partial charge in [0.25, 0.3) is 5.91 Å². The van der Waals surface area contributed by atoms with Crippen LogP contribution >= 0.6 is 0 Å². The molecule has 0 fully saturated rings. The van der Waals surface area contributed by atoms with Crippen LogP contribution in [0.15, 0.2) is 48.5 Å². The number of tetrazole rings is 1. The summed E-state index contributed by atoms with van der Waals surface area (Å²) in [6.45, 7) is 0.218. The van der Waals surface area contributed by atoms with Crippen LogP contribution < -0.4 is 10.9 Å². The average Bonchev–Trinajstić information content (AvgIpc) is 3.20. The van der Waals surface area contributed by atoms with Gasteiger partial charge in [-0.05, 0) is 35.0 Å². The first-order valence-corrected chi connectivity index (χ1v) is 8.42. The molecule has 0 radical (unpaired) electrons. The van der Waals surface area contributed by atoms with Gasteiger partial charge in [0.2, 0.25) is 5.82 Å². The molecule has 0 saturated heterocycles. The van der Waals surface area contributed by atoms with Gasteiger partial charge >= 0.3 is 18.3 Å². The molecule has 0 unspecified atom stereocenters. The maximum atomic E-state index is 12.1. The number of hydrazine groups is 1. The normalized spacial score (nSPS) is 10.6. The number of carboxylic acid groups (broad SMARTS) is 1. The zero-order chi connectivity index (χ0) is 21.7. The van der Waals surface area contributed by atoms with Crippen LogP contribution in [0.25, 0.3) is 11.4 Å². The van der Waals surface area contributed by atoms with E-state index < -0.39 is 24.2 Å². The number of hydrogen-bond donors (Lipinski definition) is 3. The average molecular weight is 416 g/mol. The van der Waals surface area contributed by atoms with Crippen LogP contribution in [0.5, 0.6) is 0 Å². The molecule has 0 saturated carbocycles. The topological polar surface area (TPSA) is 139 Å². The molecule has 0 aliphatic carbocycles. The first-order chi connectivity index (χ1) is 14.3. The Morgan fingerprint density at radius 3 is 2.43 bits per heavy atom. The van der Waals surface area contributed by atoms with Crippen LogP contribution in [-0.2, 0) is 11.3 Å². The molecule has 2 aromatic carbocycles. The quantitative estimate of drug-likeness (QED) is 0.512. The number of aromatic nitrogens is 4. The molecule has 3 aromatic rings. The van der Waals surface area contributed by atoms with Gasteiger partial charge in [0, 0.05) is 11.1 Å². The van der Waals surface area contributed by atoms with Gasteiger partial charge in [-0.15, -0.1) is 10.2 Å². The van der Waals surface area contributed by atoms with Crippen molar-refractivity contribution in [2.24, 2.45) is 0 Å². The second-order valence-electron chi connectivity index (χ2n) is 5.97. The summed E-state index contributed by atoms with van der Waals surface area (Å²) in [6, 6.07) is 12.2. The zero-order valence-electron chi connectivity index (χ0n) is 15.1. The first kappa shape index (κ1) is 20.5. The van der Waals surface area contributed by atoms with Crippen LogP contribution in [0.3, 0.4) is 0 Å². The number of benzene rings is 2. The van der Waals surface area contributed by atoms with E-state index >= 15 is 0 Å². The number of alkyl halides is 2. The van der Waals surface area contributed by atoms with Gasteiger partial charge in [-0.3, -0.25) is 20.4 Å². The molecule has 3 rings (SSSR count). The van der Waals surface area contributed by atoms with Crippen LogP contribution in [-0.4, -0.2) is 49.5 Å². The van der Waals surface area contributed by atoms with Gasteiger partial charge in [-0.2, -0.15) is 13.6 Å². The third-order valence-corrected chi connectivity index (χ3v) is 3.86. The minimum Gasteiger partial charge on any atom is -0.478 e. The minimum atomic E-state index is -3.24. The van der Waals surface area contributed by atoms with Crippen molar-refractivity contribution in [3.8, 4) is 11.4 Å². The molecule has 0 bridgehead atoms. The number of hydrogen-bond acceptors (Lipinski definition) is 6. The number of rotatable bonds is 6. The molecular formula is C18H14F2N6O4. The van der Waals surface area contributed by atoms with Crippen molar-refractivity contribution in [2.75, 3.05) is 0 Å². The predicted octanol–water partition coefficient (Wildman–Crippen LogP) is 1.11. The molecule has 10 nitrogen and oxygen atoms in total. The van der Waals surface area contributed by atoms with E-state index in [1.807, 2.05) is 5.43 Å². The summed E-state index contributed by atoms with van der Waals surface area (Å²) < 4.78 is 24.2. The third kappa shape index (κ3) is 4.98. The van der Waals surface area contributed by atoms with Crippen molar-refractivity contribution in [1.29, 1.82) is 0 Å². The fourth-order valence-corrected chi connectivity index (χ4v) is 2.39. The van der Waals surface area contributed by atoms with Crippen molar-refractivity contribution < 1.29 is 28.3 Å². The maximum Gasteiger partial charge on any atom is 0.335 e. The molecule has 30 heavy (non-hydrogen) atoms. The molecule has 12 heteroatoms. The summed E-state index contributed by atoms with van der Waals surface area (Å²) >= 11 is 0. The van der Waals surface area contributed by atoms with Crippen LogP contribution in [0.1, 0.15) is 26.3 Å². The maximum absolute atomic E-state index is 12.1. The van der Waals surface area contributed by atoms with Crippen molar-refractivity contribution in [1.82, 2.24) is 31.1 Å². The fraction of sp³-hybridized carbons (Fsp3) is 0.111. The first-order valence-electron chi connectivity index (χ1n) is 8.42. The Kier molecular flexibility index (Phi) is 6.05. The summed E-state index contributed by atoms with van der Waals surface area (Å²) in [6.07, 6.45) is -3.24. The zero-order valence-corrected chi connectivity index (χ0v) is 15.1. The SMILES string of the molecule is O=C(O)c1cccc(-c2nnn(Cc3ccc(C(=O)NNC(=O)C(F)F)cc3)n2)c1. The standard InChI is InChI=1S/C18H14F2N6O4/c19-14(20)17(28)23-22-16(27)11-6-4-10(5-7-11)9-26-24-15(21-25-26)12-2-1-3-13(8-12)18(29)30/h1-8,14H,9H2,(H,22,27)(H,23,28)(H,29,30).